The highest BCUT2D eigenvalue weighted by Gasteiger charge is 2.16. The Bertz CT molecular complexity index is 169. The lowest BCUT2D eigenvalue weighted by Gasteiger charge is -2.23. The first-order valence-electron chi connectivity index (χ1n) is 4.44. The molecule has 0 heterocycles. The summed E-state index contributed by atoms with van der Waals surface area (Å²) in [7, 11) is 1.67. The highest BCUT2D eigenvalue weighted by Crippen LogP contribution is 2.04. The summed E-state index contributed by atoms with van der Waals surface area (Å²) in [5.41, 5.74) is 4.91. The van der Waals surface area contributed by atoms with Gasteiger partial charge >= 0.3 is 0 Å². The van der Waals surface area contributed by atoms with E-state index in [1.807, 2.05) is 13.8 Å². The Kier molecular flexibility index (Phi) is 4.95. The Morgan fingerprint density at radius 3 is 2.54 bits per heavy atom. The molecule has 1 amide bonds. The Hall–Kier alpha value is -0.610. The van der Waals surface area contributed by atoms with Gasteiger partial charge in [-0.1, -0.05) is 6.92 Å². The normalized spacial score (nSPS) is 14.2. The molecule has 0 aliphatic rings. The van der Waals surface area contributed by atoms with E-state index in [0.717, 1.165) is 0 Å². The van der Waals surface area contributed by atoms with Crippen LogP contribution in [0.5, 0.6) is 0 Å². The summed E-state index contributed by atoms with van der Waals surface area (Å²) in [4.78, 5) is 10.7. The van der Waals surface area contributed by atoms with Crippen molar-refractivity contribution in [2.45, 2.75) is 26.4 Å². The van der Waals surface area contributed by atoms with E-state index in [1.165, 1.54) is 0 Å². The van der Waals surface area contributed by atoms with Crippen LogP contribution >= 0.6 is 0 Å². The third-order valence-corrected chi connectivity index (χ3v) is 2.04. The van der Waals surface area contributed by atoms with E-state index in [2.05, 4.69) is 5.32 Å². The molecule has 0 fully saturated rings. The number of nitrogens with two attached hydrogens (primary N) is 1. The van der Waals surface area contributed by atoms with E-state index >= 15 is 0 Å². The van der Waals surface area contributed by atoms with Gasteiger partial charge in [0.25, 0.3) is 0 Å². The van der Waals surface area contributed by atoms with Gasteiger partial charge in [0.1, 0.15) is 0 Å². The predicted octanol–water partition coefficient (Wildman–Crippen LogP) is 0.122. The van der Waals surface area contributed by atoms with Gasteiger partial charge in [0, 0.05) is 26.1 Å². The molecule has 1 unspecified atom stereocenters. The third-order valence-electron chi connectivity index (χ3n) is 2.04. The number of rotatable bonds is 6. The SMILES string of the molecule is COC(C)(C)CNCC(C)C(N)=O. The minimum Gasteiger partial charge on any atom is -0.377 e. The second kappa shape index (κ2) is 5.19. The lowest BCUT2D eigenvalue weighted by Crippen LogP contribution is -2.40. The molecule has 0 saturated heterocycles. The maximum absolute atomic E-state index is 10.7. The van der Waals surface area contributed by atoms with Crippen molar-refractivity contribution < 1.29 is 9.53 Å². The van der Waals surface area contributed by atoms with Crippen LogP contribution in [0.4, 0.5) is 0 Å². The zero-order chi connectivity index (χ0) is 10.5. The largest absolute Gasteiger partial charge is 0.377 e. The average Bonchev–Trinajstić information content (AvgIpc) is 2.04. The van der Waals surface area contributed by atoms with Crippen molar-refractivity contribution in [3.63, 3.8) is 0 Å². The van der Waals surface area contributed by atoms with Gasteiger partial charge < -0.3 is 15.8 Å². The molecule has 0 rings (SSSR count). The van der Waals surface area contributed by atoms with Crippen molar-refractivity contribution in [2.75, 3.05) is 20.2 Å². The molecule has 0 radical (unpaired) electrons. The van der Waals surface area contributed by atoms with Crippen molar-refractivity contribution >= 4 is 5.91 Å². The van der Waals surface area contributed by atoms with Crippen molar-refractivity contribution in [1.29, 1.82) is 0 Å². The Morgan fingerprint density at radius 2 is 2.15 bits per heavy atom. The maximum atomic E-state index is 10.7. The first-order valence-corrected chi connectivity index (χ1v) is 4.44. The molecule has 0 aliphatic heterocycles. The highest BCUT2D eigenvalue weighted by atomic mass is 16.5. The fraction of sp³-hybridized carbons (Fsp3) is 0.889. The lowest BCUT2D eigenvalue weighted by molar-refractivity contribution is -0.121. The van der Waals surface area contributed by atoms with Crippen molar-refractivity contribution in [3.8, 4) is 0 Å². The highest BCUT2D eigenvalue weighted by molar-refractivity contribution is 5.76. The third kappa shape index (κ3) is 5.60. The van der Waals surface area contributed by atoms with Gasteiger partial charge in [0.2, 0.25) is 5.91 Å². The fourth-order valence-electron chi connectivity index (χ4n) is 0.762. The molecule has 0 spiro atoms. The van der Waals surface area contributed by atoms with Crippen LogP contribution < -0.4 is 11.1 Å². The van der Waals surface area contributed by atoms with E-state index in [1.54, 1.807) is 14.0 Å². The number of methoxy groups -OCH3 is 1. The van der Waals surface area contributed by atoms with Crippen LogP contribution in [-0.4, -0.2) is 31.7 Å². The first-order chi connectivity index (χ1) is 5.89. The summed E-state index contributed by atoms with van der Waals surface area (Å²) in [5.74, 6) is -0.407. The minimum absolute atomic E-state index is 0.132. The Morgan fingerprint density at radius 1 is 1.62 bits per heavy atom. The molecule has 78 valence electrons. The zero-order valence-electron chi connectivity index (χ0n) is 8.89. The Labute approximate surface area is 79.8 Å². The van der Waals surface area contributed by atoms with E-state index in [4.69, 9.17) is 10.5 Å². The predicted molar refractivity (Wildman–Crippen MR) is 52.3 cm³/mol. The van der Waals surface area contributed by atoms with Crippen LogP contribution in [0.3, 0.4) is 0 Å². The molecule has 0 aliphatic carbocycles. The number of amides is 1. The molecule has 0 aromatic rings. The number of carbonyl (C=O) groups excluding carboxylic acids is 1. The molecule has 3 N–H and O–H groups in total. The first kappa shape index (κ1) is 12.4. The molecular weight excluding hydrogens is 168 g/mol. The molecule has 1 atom stereocenters. The summed E-state index contributed by atoms with van der Waals surface area (Å²) in [6.45, 7) is 7.07. The van der Waals surface area contributed by atoms with E-state index < -0.39 is 0 Å². The quantitative estimate of drug-likeness (QED) is 0.622. The summed E-state index contributed by atoms with van der Waals surface area (Å²) < 4.78 is 5.20. The Balaban J connectivity index is 3.62. The van der Waals surface area contributed by atoms with Gasteiger partial charge in [-0.25, -0.2) is 0 Å². The van der Waals surface area contributed by atoms with Gasteiger partial charge in [-0.05, 0) is 13.8 Å². The smallest absolute Gasteiger partial charge is 0.221 e. The molecular formula is C9H20N2O2. The van der Waals surface area contributed by atoms with Crippen LogP contribution in [0.1, 0.15) is 20.8 Å². The number of carbonyl (C=O) groups is 1. The topological polar surface area (TPSA) is 64.3 Å². The fourth-order valence-corrected chi connectivity index (χ4v) is 0.762. The molecule has 4 heteroatoms. The van der Waals surface area contributed by atoms with Gasteiger partial charge in [0.05, 0.1) is 5.60 Å². The van der Waals surface area contributed by atoms with Crippen LogP contribution in [0.2, 0.25) is 0 Å². The molecule has 13 heavy (non-hydrogen) atoms. The summed E-state index contributed by atoms with van der Waals surface area (Å²) in [6, 6.07) is 0. The summed E-state index contributed by atoms with van der Waals surface area (Å²) in [6.07, 6.45) is 0. The molecule has 0 saturated carbocycles. The number of nitrogens with one attached hydrogen (secondary N) is 1. The molecule has 0 aromatic heterocycles. The minimum atomic E-state index is -0.275. The van der Waals surface area contributed by atoms with Crippen molar-refractivity contribution in [3.05, 3.63) is 0 Å². The van der Waals surface area contributed by atoms with E-state index in [9.17, 15) is 4.79 Å². The average molecular weight is 188 g/mol. The summed E-state index contributed by atoms with van der Waals surface area (Å²) >= 11 is 0. The second-order valence-corrected chi connectivity index (χ2v) is 3.90. The number of primary amides is 1. The summed E-state index contributed by atoms with van der Waals surface area (Å²) in [5, 5.41) is 3.13. The number of hydrogen-bond acceptors (Lipinski definition) is 3. The van der Waals surface area contributed by atoms with Gasteiger partial charge in [0.15, 0.2) is 0 Å². The lowest BCUT2D eigenvalue weighted by atomic mass is 10.1. The monoisotopic (exact) mass is 188 g/mol. The number of ether oxygens (including phenoxy) is 1. The molecule has 0 bridgehead atoms. The zero-order valence-corrected chi connectivity index (χ0v) is 8.89. The van der Waals surface area contributed by atoms with Gasteiger partial charge in [-0.15, -0.1) is 0 Å². The van der Waals surface area contributed by atoms with Crippen molar-refractivity contribution in [2.24, 2.45) is 11.7 Å². The van der Waals surface area contributed by atoms with Crippen LogP contribution in [0.15, 0.2) is 0 Å². The van der Waals surface area contributed by atoms with E-state index in [-0.39, 0.29) is 17.4 Å². The van der Waals surface area contributed by atoms with Crippen LogP contribution in [0.25, 0.3) is 0 Å². The maximum Gasteiger partial charge on any atom is 0.221 e. The molecule has 0 aromatic carbocycles. The van der Waals surface area contributed by atoms with Crippen LogP contribution in [-0.2, 0) is 9.53 Å². The van der Waals surface area contributed by atoms with Crippen molar-refractivity contribution in [1.82, 2.24) is 5.32 Å². The second-order valence-electron chi connectivity index (χ2n) is 3.90. The number of hydrogen-bond donors (Lipinski definition) is 2. The van der Waals surface area contributed by atoms with E-state index in [0.29, 0.717) is 13.1 Å². The van der Waals surface area contributed by atoms with Gasteiger partial charge in [-0.3, -0.25) is 4.79 Å². The van der Waals surface area contributed by atoms with Crippen LogP contribution in [0, 0.1) is 5.92 Å². The standard InChI is InChI=1S/C9H20N2O2/c1-7(8(10)12)5-11-6-9(2,3)13-4/h7,11H,5-6H2,1-4H3,(H2,10,12). The molecule has 4 nitrogen and oxygen atoms in total. The van der Waals surface area contributed by atoms with Gasteiger partial charge in [-0.2, -0.15) is 0 Å².